The van der Waals surface area contributed by atoms with Crippen LogP contribution in [0.2, 0.25) is 0 Å². The molecule has 2 aromatic rings. The molecule has 4 heteroatoms. The van der Waals surface area contributed by atoms with E-state index in [-0.39, 0.29) is 5.78 Å². The van der Waals surface area contributed by atoms with Crippen LogP contribution < -0.4 is 4.74 Å². The zero-order valence-corrected chi connectivity index (χ0v) is 18.6. The van der Waals surface area contributed by atoms with Gasteiger partial charge in [0.1, 0.15) is 5.75 Å². The average Bonchev–Trinajstić information content (AvgIpc) is 2.77. The van der Waals surface area contributed by atoms with E-state index in [0.717, 1.165) is 23.3 Å². The normalized spacial score (nSPS) is 11.5. The van der Waals surface area contributed by atoms with Gasteiger partial charge < -0.3 is 9.64 Å². The third-order valence-corrected chi connectivity index (χ3v) is 4.68. The Hall–Kier alpha value is -2.78. The molecule has 2 aromatic carbocycles. The molecule has 2 rings (SSSR count). The van der Waals surface area contributed by atoms with Crippen molar-refractivity contribution in [2.24, 2.45) is 0 Å². The Morgan fingerprint density at radius 3 is 2.63 bits per heavy atom. The second-order valence-corrected chi connectivity index (χ2v) is 7.30. The Morgan fingerprint density at radius 2 is 1.97 bits per heavy atom. The molecule has 0 radical (unpaired) electrons. The minimum absolute atomic E-state index is 0.0385. The van der Waals surface area contributed by atoms with Crippen molar-refractivity contribution in [3.05, 3.63) is 95.8 Å². The van der Waals surface area contributed by atoms with Gasteiger partial charge in [-0.1, -0.05) is 73.7 Å². The van der Waals surface area contributed by atoms with E-state index in [4.69, 9.17) is 16.3 Å². The van der Waals surface area contributed by atoms with E-state index in [2.05, 4.69) is 13.5 Å². The second-order valence-electron chi connectivity index (χ2n) is 6.92. The van der Waals surface area contributed by atoms with Crippen LogP contribution in [0.4, 0.5) is 0 Å². The molecule has 0 unspecified atom stereocenters. The molecule has 0 aliphatic heterocycles. The maximum Gasteiger partial charge on any atom is 0.209 e. The van der Waals surface area contributed by atoms with Crippen molar-refractivity contribution in [2.45, 2.75) is 26.7 Å². The molecule has 0 saturated carbocycles. The van der Waals surface area contributed by atoms with E-state index in [9.17, 15) is 4.79 Å². The quantitative estimate of drug-likeness (QED) is 0.218. The number of ether oxygens (including phenoxy) is 1. The summed E-state index contributed by atoms with van der Waals surface area (Å²) in [5, 5.41) is 0. The number of hydrogen-bond acceptors (Lipinski definition) is 3. The SMILES string of the molecule is C=CN(C/C=C/c1cccc(OCCC)c1)/C(=C\CCCl)C(=O)c1ccc(C)cc1. The van der Waals surface area contributed by atoms with Crippen molar-refractivity contribution in [1.29, 1.82) is 0 Å². The van der Waals surface area contributed by atoms with E-state index in [1.807, 2.05) is 78.6 Å². The van der Waals surface area contributed by atoms with Gasteiger partial charge in [-0.25, -0.2) is 0 Å². The summed E-state index contributed by atoms with van der Waals surface area (Å²) in [4.78, 5) is 14.9. The van der Waals surface area contributed by atoms with Crippen LogP contribution in [0, 0.1) is 6.92 Å². The molecule has 0 aliphatic carbocycles. The number of ketones is 1. The summed E-state index contributed by atoms with van der Waals surface area (Å²) in [6.45, 7) is 9.21. The van der Waals surface area contributed by atoms with Gasteiger partial charge >= 0.3 is 0 Å². The number of rotatable bonds is 12. The molecule has 0 bridgehead atoms. The highest BCUT2D eigenvalue weighted by Gasteiger charge is 2.16. The van der Waals surface area contributed by atoms with E-state index in [1.165, 1.54) is 0 Å². The lowest BCUT2D eigenvalue weighted by atomic mass is 10.0. The molecule has 0 spiro atoms. The Morgan fingerprint density at radius 1 is 1.20 bits per heavy atom. The number of alkyl halides is 1. The summed E-state index contributed by atoms with van der Waals surface area (Å²) in [5.74, 6) is 1.27. The van der Waals surface area contributed by atoms with E-state index in [1.54, 1.807) is 6.20 Å². The van der Waals surface area contributed by atoms with Crippen LogP contribution in [-0.4, -0.2) is 29.7 Å². The summed E-state index contributed by atoms with van der Waals surface area (Å²) in [6.07, 6.45) is 9.17. The largest absolute Gasteiger partial charge is 0.494 e. The topological polar surface area (TPSA) is 29.5 Å². The first-order valence-electron chi connectivity index (χ1n) is 10.2. The Kier molecular flexibility index (Phi) is 9.96. The van der Waals surface area contributed by atoms with Crippen molar-refractivity contribution in [3.8, 4) is 5.75 Å². The molecule has 0 heterocycles. The number of allylic oxidation sites excluding steroid dienone is 2. The van der Waals surface area contributed by atoms with Crippen molar-refractivity contribution < 1.29 is 9.53 Å². The smallest absolute Gasteiger partial charge is 0.209 e. The Labute approximate surface area is 185 Å². The standard InChI is InChI=1S/C26H30ClNO2/c1-4-19-30-24-11-6-9-22(20-24)10-8-18-28(5-2)25(12-7-17-27)26(29)23-15-13-21(3)14-16-23/h5-6,8-16,20H,2,4,7,17-19H2,1,3H3/b10-8+,25-12-. The third kappa shape index (κ3) is 7.23. The second kappa shape index (κ2) is 12.7. The van der Waals surface area contributed by atoms with Crippen LogP contribution in [0.15, 0.2) is 79.2 Å². The summed E-state index contributed by atoms with van der Waals surface area (Å²) < 4.78 is 5.69. The van der Waals surface area contributed by atoms with Crippen LogP contribution >= 0.6 is 11.6 Å². The monoisotopic (exact) mass is 423 g/mol. The van der Waals surface area contributed by atoms with Gasteiger partial charge in [-0.2, -0.15) is 0 Å². The molecule has 158 valence electrons. The molecule has 0 aliphatic rings. The van der Waals surface area contributed by atoms with Gasteiger partial charge in [0.25, 0.3) is 0 Å². The van der Waals surface area contributed by atoms with E-state index < -0.39 is 0 Å². The fraction of sp³-hybridized carbons (Fsp3) is 0.269. The van der Waals surface area contributed by atoms with E-state index in [0.29, 0.717) is 36.7 Å². The number of benzene rings is 2. The number of nitrogens with zero attached hydrogens (tertiary/aromatic N) is 1. The summed E-state index contributed by atoms with van der Waals surface area (Å²) in [6, 6.07) is 15.5. The molecular formula is C26H30ClNO2. The lowest BCUT2D eigenvalue weighted by Gasteiger charge is -2.21. The number of hydrogen-bond donors (Lipinski definition) is 0. The summed E-state index contributed by atoms with van der Waals surface area (Å²) in [5.41, 5.74) is 3.40. The van der Waals surface area contributed by atoms with Crippen molar-refractivity contribution in [2.75, 3.05) is 19.0 Å². The van der Waals surface area contributed by atoms with Crippen LogP contribution in [0.1, 0.15) is 41.3 Å². The Bertz CT molecular complexity index is 884. The van der Waals surface area contributed by atoms with Crippen molar-refractivity contribution >= 4 is 23.5 Å². The van der Waals surface area contributed by atoms with Crippen molar-refractivity contribution in [3.63, 3.8) is 0 Å². The molecule has 0 atom stereocenters. The first-order chi connectivity index (χ1) is 14.6. The highest BCUT2D eigenvalue weighted by molar-refractivity contribution is 6.18. The van der Waals surface area contributed by atoms with Gasteiger partial charge in [-0.15, -0.1) is 11.6 Å². The van der Waals surface area contributed by atoms with Gasteiger partial charge in [0.2, 0.25) is 5.78 Å². The van der Waals surface area contributed by atoms with Gasteiger partial charge in [-0.3, -0.25) is 4.79 Å². The lowest BCUT2D eigenvalue weighted by Crippen LogP contribution is -2.23. The fourth-order valence-corrected chi connectivity index (χ4v) is 3.00. The molecule has 0 fully saturated rings. The number of halogens is 1. The Balaban J connectivity index is 2.15. The maximum absolute atomic E-state index is 13.1. The number of carbonyl (C=O) groups excluding carboxylic acids is 1. The van der Waals surface area contributed by atoms with Crippen LogP contribution in [-0.2, 0) is 0 Å². The lowest BCUT2D eigenvalue weighted by molar-refractivity contribution is 0.100. The molecular weight excluding hydrogens is 394 g/mol. The summed E-state index contributed by atoms with van der Waals surface area (Å²) >= 11 is 5.87. The fourth-order valence-electron chi connectivity index (χ4n) is 2.89. The number of carbonyl (C=O) groups is 1. The third-order valence-electron chi connectivity index (χ3n) is 4.47. The first-order valence-corrected chi connectivity index (χ1v) is 10.8. The van der Waals surface area contributed by atoms with Gasteiger partial charge in [-0.05, 0) is 43.7 Å². The molecule has 0 aromatic heterocycles. The summed E-state index contributed by atoms with van der Waals surface area (Å²) in [7, 11) is 0. The highest BCUT2D eigenvalue weighted by atomic mass is 35.5. The van der Waals surface area contributed by atoms with Crippen LogP contribution in [0.3, 0.4) is 0 Å². The zero-order valence-electron chi connectivity index (χ0n) is 17.8. The number of aryl methyl sites for hydroxylation is 1. The predicted octanol–water partition coefficient (Wildman–Crippen LogP) is 6.64. The molecule has 0 amide bonds. The average molecular weight is 424 g/mol. The highest BCUT2D eigenvalue weighted by Crippen LogP contribution is 2.17. The first kappa shape index (κ1) is 23.5. The van der Waals surface area contributed by atoms with Gasteiger partial charge in [0.05, 0.1) is 12.3 Å². The maximum atomic E-state index is 13.1. The van der Waals surface area contributed by atoms with Gasteiger partial charge in [0, 0.05) is 18.0 Å². The molecule has 30 heavy (non-hydrogen) atoms. The van der Waals surface area contributed by atoms with Crippen LogP contribution in [0.5, 0.6) is 5.75 Å². The minimum atomic E-state index is -0.0385. The van der Waals surface area contributed by atoms with E-state index >= 15 is 0 Å². The van der Waals surface area contributed by atoms with Gasteiger partial charge in [0.15, 0.2) is 0 Å². The molecule has 3 nitrogen and oxygen atoms in total. The van der Waals surface area contributed by atoms with Crippen LogP contribution in [0.25, 0.3) is 6.08 Å². The van der Waals surface area contributed by atoms with Crippen molar-refractivity contribution in [1.82, 2.24) is 4.90 Å². The zero-order chi connectivity index (χ0) is 21.8. The molecule has 0 saturated heterocycles. The predicted molar refractivity (Wildman–Crippen MR) is 127 cm³/mol. The minimum Gasteiger partial charge on any atom is -0.494 e. The molecule has 0 N–H and O–H groups in total. The number of Topliss-reactive ketones (excluding diaryl/α,β-unsaturated/α-hetero) is 1.